The predicted molar refractivity (Wildman–Crippen MR) is 108 cm³/mol. The number of aryl methyl sites for hydroxylation is 1. The van der Waals surface area contributed by atoms with E-state index in [9.17, 15) is 26.4 Å². The topological polar surface area (TPSA) is 103 Å². The van der Waals surface area contributed by atoms with E-state index in [1.165, 1.54) is 29.8 Å². The lowest BCUT2D eigenvalue weighted by Gasteiger charge is -2.19. The average Bonchev–Trinajstić information content (AvgIpc) is 2.65. The number of hydrogen-bond donors (Lipinski definition) is 1. The molecule has 0 aliphatic rings. The Labute approximate surface area is 174 Å². The van der Waals surface area contributed by atoms with E-state index in [1.807, 2.05) is 13.0 Å². The van der Waals surface area contributed by atoms with Crippen molar-refractivity contribution < 1.29 is 26.4 Å². The fourth-order valence-corrected chi connectivity index (χ4v) is 3.11. The number of alkyl halides is 3. The summed E-state index contributed by atoms with van der Waals surface area (Å²) in [6.07, 6.45) is 2.66. The molecule has 11 heteroatoms. The zero-order valence-corrected chi connectivity index (χ0v) is 17.9. The van der Waals surface area contributed by atoms with E-state index in [0.29, 0.717) is 12.0 Å². The maximum absolute atomic E-state index is 12.8. The van der Waals surface area contributed by atoms with Crippen LogP contribution in [-0.2, 0) is 14.8 Å². The maximum atomic E-state index is 12.8. The number of carbonyl (C=O) groups is 1. The number of halogens is 3. The van der Waals surface area contributed by atoms with Crippen LogP contribution in [0.2, 0.25) is 0 Å². The number of hydrazone groups is 1. The van der Waals surface area contributed by atoms with Crippen molar-refractivity contribution in [3.8, 4) is 6.07 Å². The molecule has 166 valence electrons. The molecule has 1 rings (SSSR count). The fraction of sp³-hybridized carbons (Fsp3) is 0.526. The van der Waals surface area contributed by atoms with Gasteiger partial charge in [0.05, 0.1) is 30.4 Å². The Hall–Kier alpha value is -2.61. The largest absolute Gasteiger partial charge is 0.516 e. The zero-order valence-electron chi connectivity index (χ0n) is 17.1. The van der Waals surface area contributed by atoms with E-state index < -0.39 is 15.5 Å². The van der Waals surface area contributed by atoms with Crippen LogP contribution in [0, 0.1) is 18.3 Å². The van der Waals surface area contributed by atoms with Crippen LogP contribution in [0.15, 0.2) is 23.3 Å². The number of nitriles is 1. The molecule has 7 nitrogen and oxygen atoms in total. The summed E-state index contributed by atoms with van der Waals surface area (Å²) < 4.78 is 62.9. The number of hydrogen-bond acceptors (Lipinski definition) is 5. The van der Waals surface area contributed by atoms with Crippen LogP contribution >= 0.6 is 0 Å². The van der Waals surface area contributed by atoms with Crippen molar-refractivity contribution >= 4 is 27.3 Å². The van der Waals surface area contributed by atoms with Crippen LogP contribution in [0.4, 0.5) is 18.9 Å². The number of nitrogens with zero attached hydrogens (tertiary/aromatic N) is 3. The van der Waals surface area contributed by atoms with Gasteiger partial charge >= 0.3 is 15.5 Å². The van der Waals surface area contributed by atoms with E-state index in [-0.39, 0.29) is 42.3 Å². The first-order valence-corrected chi connectivity index (χ1v) is 10.8. The summed E-state index contributed by atoms with van der Waals surface area (Å²) in [7, 11) is -5.62. The van der Waals surface area contributed by atoms with Gasteiger partial charge in [-0.1, -0.05) is 31.4 Å². The SMILES string of the molecule is CCCCCC(=O)N(CCC#N)/N=C(\C)c1cc(C)ccc1NS(=O)(=O)C(F)(F)F. The van der Waals surface area contributed by atoms with Crippen molar-refractivity contribution in [3.63, 3.8) is 0 Å². The Morgan fingerprint density at radius 3 is 2.53 bits per heavy atom. The number of unbranched alkanes of at least 4 members (excludes halogenated alkanes) is 2. The molecule has 1 aromatic rings. The van der Waals surface area contributed by atoms with Gasteiger partial charge in [-0.2, -0.15) is 32.0 Å². The normalized spacial score (nSPS) is 12.4. The molecule has 0 heterocycles. The lowest BCUT2D eigenvalue weighted by atomic mass is 10.1. The number of nitrogens with one attached hydrogen (secondary N) is 1. The van der Waals surface area contributed by atoms with Gasteiger partial charge in [-0.25, -0.2) is 5.01 Å². The van der Waals surface area contributed by atoms with Gasteiger partial charge in [0.25, 0.3) is 0 Å². The first-order valence-electron chi connectivity index (χ1n) is 9.35. The average molecular weight is 446 g/mol. The minimum Gasteiger partial charge on any atom is -0.275 e. The number of carbonyl (C=O) groups excluding carboxylic acids is 1. The minimum absolute atomic E-state index is 0.0220. The molecule has 0 aromatic heterocycles. The predicted octanol–water partition coefficient (Wildman–Crippen LogP) is 4.30. The smallest absolute Gasteiger partial charge is 0.275 e. The molecule has 0 aliphatic carbocycles. The molecule has 0 spiro atoms. The highest BCUT2D eigenvalue weighted by Crippen LogP contribution is 2.28. The molecule has 1 aromatic carbocycles. The zero-order chi connectivity index (χ0) is 22.9. The molecule has 0 unspecified atom stereocenters. The fourth-order valence-electron chi connectivity index (χ4n) is 2.53. The molecule has 0 bridgehead atoms. The molecular formula is C19H25F3N4O3S. The minimum atomic E-state index is -5.62. The van der Waals surface area contributed by atoms with Gasteiger partial charge in [-0.3, -0.25) is 9.52 Å². The summed E-state index contributed by atoms with van der Waals surface area (Å²) in [6.45, 7) is 5.15. The molecular weight excluding hydrogens is 421 g/mol. The molecule has 30 heavy (non-hydrogen) atoms. The summed E-state index contributed by atoms with van der Waals surface area (Å²) in [5.41, 5.74) is -4.88. The van der Waals surface area contributed by atoms with Gasteiger partial charge in [-0.05, 0) is 32.4 Å². The molecule has 0 saturated carbocycles. The third-order valence-electron chi connectivity index (χ3n) is 4.10. The van der Waals surface area contributed by atoms with Gasteiger partial charge in [-0.15, -0.1) is 0 Å². The van der Waals surface area contributed by atoms with E-state index in [2.05, 4.69) is 5.10 Å². The van der Waals surface area contributed by atoms with Gasteiger partial charge < -0.3 is 0 Å². The summed E-state index contributed by atoms with van der Waals surface area (Å²) in [4.78, 5) is 12.5. The first-order chi connectivity index (χ1) is 13.9. The molecule has 0 fully saturated rings. The summed E-state index contributed by atoms with van der Waals surface area (Å²) >= 11 is 0. The van der Waals surface area contributed by atoms with Crippen molar-refractivity contribution in [3.05, 3.63) is 29.3 Å². The van der Waals surface area contributed by atoms with Crippen molar-refractivity contribution in [1.82, 2.24) is 5.01 Å². The highest BCUT2D eigenvalue weighted by molar-refractivity contribution is 7.93. The Balaban J connectivity index is 3.29. The Morgan fingerprint density at radius 1 is 1.30 bits per heavy atom. The second kappa shape index (κ2) is 11.0. The van der Waals surface area contributed by atoms with Crippen molar-refractivity contribution in [2.75, 3.05) is 11.3 Å². The summed E-state index contributed by atoms with van der Waals surface area (Å²) in [5.74, 6) is -0.317. The quantitative estimate of drug-likeness (QED) is 0.329. The molecule has 1 N–H and O–H groups in total. The second-order valence-corrected chi connectivity index (χ2v) is 8.34. The van der Waals surface area contributed by atoms with Crippen LogP contribution in [0.25, 0.3) is 0 Å². The van der Waals surface area contributed by atoms with E-state index >= 15 is 0 Å². The molecule has 1 amide bonds. The van der Waals surface area contributed by atoms with Gasteiger partial charge in [0.2, 0.25) is 5.91 Å². The molecule has 0 atom stereocenters. The van der Waals surface area contributed by atoms with Crippen LogP contribution < -0.4 is 4.72 Å². The molecule has 0 saturated heterocycles. The number of anilines is 1. The van der Waals surface area contributed by atoms with Crippen LogP contribution in [0.5, 0.6) is 0 Å². The third-order valence-corrected chi connectivity index (χ3v) is 5.20. The van der Waals surface area contributed by atoms with Crippen molar-refractivity contribution in [2.24, 2.45) is 5.10 Å². The molecule has 0 aliphatic heterocycles. The van der Waals surface area contributed by atoms with Gasteiger partial charge in [0.15, 0.2) is 0 Å². The van der Waals surface area contributed by atoms with Crippen molar-refractivity contribution in [2.45, 2.75) is 58.4 Å². The standard InChI is InChI=1S/C19H25F3N4O3S/c1-4-5-6-8-18(27)26(12-7-11-23)24-15(3)16-13-14(2)9-10-17(16)25-30(28,29)19(20,21)22/h9-10,13,25H,4-8,12H2,1-3H3/b24-15+. The molecule has 0 radical (unpaired) electrons. The van der Waals surface area contributed by atoms with Crippen LogP contribution in [-0.4, -0.2) is 37.1 Å². The first kappa shape index (κ1) is 25.4. The Kier molecular flexibility index (Phi) is 9.29. The number of sulfonamides is 1. The maximum Gasteiger partial charge on any atom is 0.516 e. The number of benzene rings is 1. The highest BCUT2D eigenvalue weighted by atomic mass is 32.2. The second-order valence-electron chi connectivity index (χ2n) is 6.67. The number of amides is 1. The van der Waals surface area contributed by atoms with Crippen LogP contribution in [0.1, 0.15) is 57.1 Å². The van der Waals surface area contributed by atoms with Crippen LogP contribution in [0.3, 0.4) is 0 Å². The van der Waals surface area contributed by atoms with E-state index in [4.69, 9.17) is 5.26 Å². The Morgan fingerprint density at radius 2 is 1.97 bits per heavy atom. The van der Waals surface area contributed by atoms with Gasteiger partial charge in [0, 0.05) is 12.0 Å². The lowest BCUT2D eigenvalue weighted by molar-refractivity contribution is -0.131. The summed E-state index contributed by atoms with van der Waals surface area (Å²) in [5, 5.41) is 14.1. The van der Waals surface area contributed by atoms with Gasteiger partial charge in [0.1, 0.15) is 0 Å². The number of rotatable bonds is 10. The summed E-state index contributed by atoms with van der Waals surface area (Å²) in [6, 6.07) is 6.05. The highest BCUT2D eigenvalue weighted by Gasteiger charge is 2.46. The third kappa shape index (κ3) is 7.33. The van der Waals surface area contributed by atoms with E-state index in [0.717, 1.165) is 17.9 Å². The van der Waals surface area contributed by atoms with Crippen molar-refractivity contribution in [1.29, 1.82) is 5.26 Å². The lowest BCUT2D eigenvalue weighted by Crippen LogP contribution is -2.31. The van der Waals surface area contributed by atoms with E-state index in [1.54, 1.807) is 6.92 Å². The monoisotopic (exact) mass is 446 g/mol. The Bertz CT molecular complexity index is 922.